The van der Waals surface area contributed by atoms with Crippen LogP contribution in [-0.2, 0) is 6.54 Å². The van der Waals surface area contributed by atoms with Crippen LogP contribution in [0.3, 0.4) is 0 Å². The van der Waals surface area contributed by atoms with Gasteiger partial charge in [-0.05, 0) is 44.1 Å². The number of hydrogen-bond acceptors (Lipinski definition) is 4. The van der Waals surface area contributed by atoms with Gasteiger partial charge in [0.05, 0.1) is 6.10 Å². The molecule has 0 radical (unpaired) electrons. The molecule has 5 nitrogen and oxygen atoms in total. The molecule has 1 aliphatic rings. The number of hydrogen-bond donors (Lipinski definition) is 2. The third-order valence-corrected chi connectivity index (χ3v) is 3.79. The van der Waals surface area contributed by atoms with Crippen molar-refractivity contribution in [3.05, 3.63) is 12.7 Å². The molecule has 1 saturated carbocycles. The summed E-state index contributed by atoms with van der Waals surface area (Å²) in [5.74, 6) is 0. The van der Waals surface area contributed by atoms with Crippen LogP contribution in [0, 0.1) is 5.41 Å². The van der Waals surface area contributed by atoms with Crippen molar-refractivity contribution in [1.82, 2.24) is 14.8 Å². The van der Waals surface area contributed by atoms with E-state index in [-0.39, 0.29) is 11.5 Å². The molecule has 0 spiro atoms. The Kier molecular flexibility index (Phi) is 3.56. The Morgan fingerprint density at radius 1 is 1.44 bits per heavy atom. The number of aliphatic hydroxyl groups excluding tert-OH is 1. The average molecular weight is 224 g/mol. The van der Waals surface area contributed by atoms with Gasteiger partial charge < -0.3 is 10.8 Å². The van der Waals surface area contributed by atoms with Crippen molar-refractivity contribution in [2.75, 3.05) is 6.54 Å². The minimum absolute atomic E-state index is 0.119. The van der Waals surface area contributed by atoms with E-state index in [0.717, 1.165) is 38.6 Å². The Morgan fingerprint density at radius 2 is 2.19 bits per heavy atom. The molecule has 0 aliphatic heterocycles. The maximum atomic E-state index is 9.52. The molecule has 0 bridgehead atoms. The van der Waals surface area contributed by atoms with Crippen molar-refractivity contribution in [1.29, 1.82) is 0 Å². The molecule has 0 atom stereocenters. The third kappa shape index (κ3) is 2.59. The summed E-state index contributed by atoms with van der Waals surface area (Å²) in [6.45, 7) is 1.57. The summed E-state index contributed by atoms with van der Waals surface area (Å²) in [5, 5.41) is 13.6. The predicted molar refractivity (Wildman–Crippen MR) is 60.6 cm³/mol. The van der Waals surface area contributed by atoms with Crippen molar-refractivity contribution >= 4 is 0 Å². The van der Waals surface area contributed by atoms with Crippen LogP contribution in [0.5, 0.6) is 0 Å². The van der Waals surface area contributed by atoms with Gasteiger partial charge in [-0.15, -0.1) is 0 Å². The largest absolute Gasteiger partial charge is 0.393 e. The van der Waals surface area contributed by atoms with E-state index < -0.39 is 0 Å². The summed E-state index contributed by atoms with van der Waals surface area (Å²) in [6, 6.07) is 0. The smallest absolute Gasteiger partial charge is 0.137 e. The molecule has 5 heteroatoms. The standard InChI is InChI=1S/C11H20N4O/c12-7-11(3-1-10(16)2-4-11)5-6-15-9-13-8-14-15/h8-10,16H,1-7,12H2. The van der Waals surface area contributed by atoms with Gasteiger partial charge in [0, 0.05) is 6.54 Å². The number of aromatic nitrogens is 3. The highest BCUT2D eigenvalue weighted by Crippen LogP contribution is 2.38. The van der Waals surface area contributed by atoms with E-state index in [1.807, 2.05) is 4.68 Å². The Hall–Kier alpha value is -0.940. The molecule has 0 amide bonds. The average Bonchev–Trinajstić information content (AvgIpc) is 2.82. The van der Waals surface area contributed by atoms with Crippen LogP contribution < -0.4 is 5.73 Å². The second-order valence-electron chi connectivity index (χ2n) is 4.84. The summed E-state index contributed by atoms with van der Waals surface area (Å²) < 4.78 is 1.85. The van der Waals surface area contributed by atoms with Gasteiger partial charge in [-0.2, -0.15) is 5.10 Å². The number of nitrogens with two attached hydrogens (primary N) is 1. The summed E-state index contributed by atoms with van der Waals surface area (Å²) >= 11 is 0. The lowest BCUT2D eigenvalue weighted by atomic mass is 9.71. The van der Waals surface area contributed by atoms with Gasteiger partial charge in [-0.3, -0.25) is 4.68 Å². The van der Waals surface area contributed by atoms with Crippen molar-refractivity contribution in [3.8, 4) is 0 Å². The molecular formula is C11H20N4O. The van der Waals surface area contributed by atoms with Crippen LogP contribution >= 0.6 is 0 Å². The zero-order valence-corrected chi connectivity index (χ0v) is 9.55. The SMILES string of the molecule is NCC1(CCn2cncn2)CCC(O)CC1. The van der Waals surface area contributed by atoms with Crippen LogP contribution in [0.2, 0.25) is 0 Å². The molecule has 1 fully saturated rings. The molecule has 0 unspecified atom stereocenters. The topological polar surface area (TPSA) is 77.0 Å². The maximum Gasteiger partial charge on any atom is 0.137 e. The Morgan fingerprint density at radius 3 is 2.75 bits per heavy atom. The van der Waals surface area contributed by atoms with E-state index in [0.29, 0.717) is 6.54 Å². The lowest BCUT2D eigenvalue weighted by Crippen LogP contribution is -2.37. The fraction of sp³-hybridized carbons (Fsp3) is 0.818. The first kappa shape index (κ1) is 11.5. The number of nitrogens with zero attached hydrogens (tertiary/aromatic N) is 3. The van der Waals surface area contributed by atoms with E-state index in [9.17, 15) is 5.11 Å². The van der Waals surface area contributed by atoms with Gasteiger partial charge in [-0.1, -0.05) is 0 Å². The van der Waals surface area contributed by atoms with Gasteiger partial charge >= 0.3 is 0 Å². The zero-order chi connectivity index (χ0) is 11.4. The van der Waals surface area contributed by atoms with Crippen LogP contribution in [0.4, 0.5) is 0 Å². The van der Waals surface area contributed by atoms with E-state index in [2.05, 4.69) is 10.1 Å². The van der Waals surface area contributed by atoms with Gasteiger partial charge in [-0.25, -0.2) is 4.98 Å². The fourth-order valence-electron chi connectivity index (χ4n) is 2.47. The maximum absolute atomic E-state index is 9.52. The zero-order valence-electron chi connectivity index (χ0n) is 9.55. The van der Waals surface area contributed by atoms with Gasteiger partial charge in [0.15, 0.2) is 0 Å². The van der Waals surface area contributed by atoms with Gasteiger partial charge in [0.2, 0.25) is 0 Å². The molecule has 2 rings (SSSR count). The normalized spacial score (nSPS) is 30.5. The van der Waals surface area contributed by atoms with E-state index in [1.54, 1.807) is 12.7 Å². The molecule has 1 aromatic heterocycles. The molecule has 1 aliphatic carbocycles. The van der Waals surface area contributed by atoms with E-state index in [1.165, 1.54) is 0 Å². The minimum Gasteiger partial charge on any atom is -0.393 e. The molecular weight excluding hydrogens is 204 g/mol. The number of aryl methyl sites for hydroxylation is 1. The lowest BCUT2D eigenvalue weighted by molar-refractivity contribution is 0.0588. The first-order chi connectivity index (χ1) is 7.74. The molecule has 90 valence electrons. The van der Waals surface area contributed by atoms with Crippen LogP contribution in [0.25, 0.3) is 0 Å². The quantitative estimate of drug-likeness (QED) is 0.783. The highest BCUT2D eigenvalue weighted by atomic mass is 16.3. The highest BCUT2D eigenvalue weighted by molar-refractivity contribution is 4.86. The third-order valence-electron chi connectivity index (χ3n) is 3.79. The van der Waals surface area contributed by atoms with Crippen LogP contribution in [0.1, 0.15) is 32.1 Å². The van der Waals surface area contributed by atoms with Crippen molar-refractivity contribution in [2.45, 2.75) is 44.8 Å². The van der Waals surface area contributed by atoms with E-state index >= 15 is 0 Å². The first-order valence-corrected chi connectivity index (χ1v) is 5.95. The van der Waals surface area contributed by atoms with Gasteiger partial charge in [0.1, 0.15) is 12.7 Å². The first-order valence-electron chi connectivity index (χ1n) is 5.95. The van der Waals surface area contributed by atoms with Gasteiger partial charge in [0.25, 0.3) is 0 Å². The second kappa shape index (κ2) is 4.93. The molecule has 0 saturated heterocycles. The monoisotopic (exact) mass is 224 g/mol. The fourth-order valence-corrected chi connectivity index (χ4v) is 2.47. The Labute approximate surface area is 95.7 Å². The lowest BCUT2D eigenvalue weighted by Gasteiger charge is -2.38. The Balaban J connectivity index is 1.89. The van der Waals surface area contributed by atoms with E-state index in [4.69, 9.17) is 5.73 Å². The summed E-state index contributed by atoms with van der Waals surface area (Å²) in [5.41, 5.74) is 6.10. The van der Waals surface area contributed by atoms with Crippen molar-refractivity contribution in [2.24, 2.45) is 11.1 Å². The van der Waals surface area contributed by atoms with Crippen LogP contribution in [0.15, 0.2) is 12.7 Å². The number of rotatable bonds is 4. The van der Waals surface area contributed by atoms with Crippen molar-refractivity contribution in [3.63, 3.8) is 0 Å². The van der Waals surface area contributed by atoms with Crippen molar-refractivity contribution < 1.29 is 5.11 Å². The highest BCUT2D eigenvalue weighted by Gasteiger charge is 2.33. The molecule has 1 heterocycles. The minimum atomic E-state index is -0.119. The second-order valence-corrected chi connectivity index (χ2v) is 4.84. The molecule has 1 aromatic rings. The van der Waals surface area contributed by atoms with Crippen LogP contribution in [-0.4, -0.2) is 32.5 Å². The summed E-state index contributed by atoms with van der Waals surface area (Å²) in [4.78, 5) is 3.93. The molecule has 3 N–H and O–H groups in total. The number of aliphatic hydroxyl groups is 1. The molecule has 0 aromatic carbocycles. The Bertz CT molecular complexity index is 304. The summed E-state index contributed by atoms with van der Waals surface area (Å²) in [6.07, 6.45) is 8.02. The summed E-state index contributed by atoms with van der Waals surface area (Å²) in [7, 11) is 0. The predicted octanol–water partition coefficient (Wildman–Crippen LogP) is 0.548. The molecule has 16 heavy (non-hydrogen) atoms.